The van der Waals surface area contributed by atoms with Crippen molar-refractivity contribution < 1.29 is 17.9 Å². The second kappa shape index (κ2) is 7.42. The van der Waals surface area contributed by atoms with E-state index in [1.165, 1.54) is 32.2 Å². The van der Waals surface area contributed by atoms with Crippen LogP contribution in [0, 0.1) is 0 Å². The molecule has 0 atom stereocenters. The largest absolute Gasteiger partial charge is 0.495 e. The van der Waals surface area contributed by atoms with E-state index < -0.39 is 10.0 Å². The number of hydrogen-bond donors (Lipinski definition) is 2. The highest BCUT2D eigenvalue weighted by Crippen LogP contribution is 2.27. The van der Waals surface area contributed by atoms with Crippen molar-refractivity contribution in [2.45, 2.75) is 44.6 Å². The van der Waals surface area contributed by atoms with Crippen molar-refractivity contribution in [3.63, 3.8) is 0 Å². The van der Waals surface area contributed by atoms with E-state index >= 15 is 0 Å². The van der Waals surface area contributed by atoms with Crippen LogP contribution in [-0.4, -0.2) is 27.5 Å². The third kappa shape index (κ3) is 4.71. The van der Waals surface area contributed by atoms with Crippen molar-refractivity contribution in [1.82, 2.24) is 4.72 Å². The molecule has 1 rings (SSSR count). The molecule has 6 nitrogen and oxygen atoms in total. The molecule has 0 aliphatic carbocycles. The molecule has 0 unspecified atom stereocenters. The monoisotopic (exact) mass is 314 g/mol. The van der Waals surface area contributed by atoms with Crippen LogP contribution >= 0.6 is 0 Å². The molecule has 0 fully saturated rings. The van der Waals surface area contributed by atoms with Gasteiger partial charge in [0.1, 0.15) is 5.75 Å². The average molecular weight is 314 g/mol. The molecule has 0 saturated heterocycles. The quantitative estimate of drug-likeness (QED) is 0.807. The number of nitrogens with one attached hydrogen (secondary N) is 2. The summed E-state index contributed by atoms with van der Waals surface area (Å²) < 4.78 is 32.4. The molecule has 0 bridgehead atoms. The zero-order valence-corrected chi connectivity index (χ0v) is 13.6. The molecule has 0 radical (unpaired) electrons. The summed E-state index contributed by atoms with van der Waals surface area (Å²) in [5.74, 6) is 0.113. The number of hydrogen-bond acceptors (Lipinski definition) is 4. The first-order chi connectivity index (χ1) is 9.83. The molecule has 1 aromatic rings. The Bertz CT molecular complexity index is 595. The minimum atomic E-state index is -3.62. The van der Waals surface area contributed by atoms with Crippen LogP contribution in [0.15, 0.2) is 23.1 Å². The zero-order chi connectivity index (χ0) is 16.0. The van der Waals surface area contributed by atoms with Crippen LogP contribution in [0.5, 0.6) is 5.75 Å². The van der Waals surface area contributed by atoms with E-state index in [-0.39, 0.29) is 16.8 Å². The minimum absolute atomic E-state index is 0.0963. The van der Waals surface area contributed by atoms with Crippen molar-refractivity contribution in [1.29, 1.82) is 0 Å². The molecule has 0 aromatic heterocycles. The SMILES string of the molecule is CCC(CC)NS(=O)(=O)c1ccc(OC)c(NC(C)=O)c1. The summed E-state index contributed by atoms with van der Waals surface area (Å²) in [6, 6.07) is 4.26. The van der Waals surface area contributed by atoms with E-state index in [2.05, 4.69) is 10.0 Å². The van der Waals surface area contributed by atoms with Crippen LogP contribution in [0.2, 0.25) is 0 Å². The Morgan fingerprint density at radius 2 is 1.90 bits per heavy atom. The molecule has 0 heterocycles. The predicted octanol–water partition coefficient (Wildman–Crippen LogP) is 2.12. The van der Waals surface area contributed by atoms with Gasteiger partial charge in [-0.15, -0.1) is 0 Å². The highest BCUT2D eigenvalue weighted by atomic mass is 32.2. The molecule has 1 amide bonds. The molecule has 0 spiro atoms. The summed E-state index contributed by atoms with van der Waals surface area (Å²) in [6.07, 6.45) is 1.43. The number of anilines is 1. The molecule has 0 aliphatic rings. The highest BCUT2D eigenvalue weighted by molar-refractivity contribution is 7.89. The number of carbonyl (C=O) groups excluding carboxylic acids is 1. The Balaban J connectivity index is 3.15. The standard InChI is InChI=1S/C14H22N2O4S/c1-5-11(6-2)16-21(18,19)12-7-8-14(20-4)13(9-12)15-10(3)17/h7-9,11,16H,5-6H2,1-4H3,(H,15,17). The molecular weight excluding hydrogens is 292 g/mol. The lowest BCUT2D eigenvalue weighted by Crippen LogP contribution is -2.33. The fourth-order valence-corrected chi connectivity index (χ4v) is 3.31. The van der Waals surface area contributed by atoms with Crippen molar-refractivity contribution in [3.05, 3.63) is 18.2 Å². The first kappa shape index (κ1) is 17.5. The summed E-state index contributed by atoms with van der Waals surface area (Å²) in [7, 11) is -2.17. The summed E-state index contributed by atoms with van der Waals surface area (Å²) in [6.45, 7) is 5.20. The Hall–Kier alpha value is -1.60. The smallest absolute Gasteiger partial charge is 0.240 e. The highest BCUT2D eigenvalue weighted by Gasteiger charge is 2.20. The minimum Gasteiger partial charge on any atom is -0.495 e. The van der Waals surface area contributed by atoms with Crippen LogP contribution in [0.3, 0.4) is 0 Å². The maximum atomic E-state index is 12.3. The summed E-state index contributed by atoms with van der Waals surface area (Å²) in [5, 5.41) is 2.56. The summed E-state index contributed by atoms with van der Waals surface area (Å²) >= 11 is 0. The number of carbonyl (C=O) groups is 1. The topological polar surface area (TPSA) is 84.5 Å². The maximum Gasteiger partial charge on any atom is 0.240 e. The van der Waals surface area contributed by atoms with Gasteiger partial charge < -0.3 is 10.1 Å². The molecule has 2 N–H and O–H groups in total. The van der Waals surface area contributed by atoms with Crippen molar-refractivity contribution >= 4 is 21.6 Å². The molecular formula is C14H22N2O4S. The second-order valence-corrected chi connectivity index (χ2v) is 6.39. The molecule has 0 saturated carbocycles. The molecule has 0 aliphatic heterocycles. The molecule has 1 aromatic carbocycles. The number of rotatable bonds is 7. The Labute approximate surface area is 125 Å². The van der Waals surface area contributed by atoms with E-state index in [1.807, 2.05) is 13.8 Å². The zero-order valence-electron chi connectivity index (χ0n) is 12.8. The Morgan fingerprint density at radius 1 is 1.29 bits per heavy atom. The fraction of sp³-hybridized carbons (Fsp3) is 0.500. The first-order valence-corrected chi connectivity index (χ1v) is 8.30. The van der Waals surface area contributed by atoms with Crippen molar-refractivity contribution in [2.24, 2.45) is 0 Å². The number of sulfonamides is 1. The van der Waals surface area contributed by atoms with Crippen LogP contribution in [0.25, 0.3) is 0 Å². The average Bonchev–Trinajstić information content (AvgIpc) is 2.44. The van der Waals surface area contributed by atoms with E-state index in [0.717, 1.165) is 0 Å². The molecule has 7 heteroatoms. The van der Waals surface area contributed by atoms with Gasteiger partial charge in [0.2, 0.25) is 15.9 Å². The number of methoxy groups -OCH3 is 1. The van der Waals surface area contributed by atoms with Gasteiger partial charge >= 0.3 is 0 Å². The third-order valence-electron chi connectivity index (χ3n) is 3.10. The maximum absolute atomic E-state index is 12.3. The van der Waals surface area contributed by atoms with E-state index in [4.69, 9.17) is 4.74 Å². The lowest BCUT2D eigenvalue weighted by atomic mass is 10.2. The van der Waals surface area contributed by atoms with Gasteiger partial charge in [0.15, 0.2) is 0 Å². The van der Waals surface area contributed by atoms with E-state index in [9.17, 15) is 13.2 Å². The van der Waals surface area contributed by atoms with Gasteiger partial charge in [-0.2, -0.15) is 0 Å². The normalized spacial score (nSPS) is 11.5. The Morgan fingerprint density at radius 3 is 2.38 bits per heavy atom. The number of benzene rings is 1. The van der Waals surface area contributed by atoms with Gasteiger partial charge in [0.25, 0.3) is 0 Å². The van der Waals surface area contributed by atoms with Gasteiger partial charge in [0.05, 0.1) is 17.7 Å². The van der Waals surface area contributed by atoms with Gasteiger partial charge in [-0.3, -0.25) is 4.79 Å². The first-order valence-electron chi connectivity index (χ1n) is 6.82. The Kier molecular flexibility index (Phi) is 6.17. The van der Waals surface area contributed by atoms with Gasteiger partial charge in [0, 0.05) is 13.0 Å². The number of ether oxygens (including phenoxy) is 1. The lowest BCUT2D eigenvalue weighted by molar-refractivity contribution is -0.114. The predicted molar refractivity (Wildman–Crippen MR) is 82.0 cm³/mol. The number of amides is 1. The summed E-state index contributed by atoms with van der Waals surface area (Å²) in [5.41, 5.74) is 0.331. The van der Waals surface area contributed by atoms with E-state index in [0.29, 0.717) is 24.3 Å². The molecule has 118 valence electrons. The van der Waals surface area contributed by atoms with Crippen molar-refractivity contribution in [3.8, 4) is 5.75 Å². The summed E-state index contributed by atoms with van der Waals surface area (Å²) in [4.78, 5) is 11.3. The van der Waals surface area contributed by atoms with Crippen LogP contribution in [0.1, 0.15) is 33.6 Å². The fourth-order valence-electron chi connectivity index (χ4n) is 1.88. The van der Waals surface area contributed by atoms with Gasteiger partial charge in [-0.05, 0) is 31.0 Å². The molecule has 21 heavy (non-hydrogen) atoms. The lowest BCUT2D eigenvalue weighted by Gasteiger charge is -2.16. The van der Waals surface area contributed by atoms with Gasteiger partial charge in [-0.25, -0.2) is 13.1 Å². The van der Waals surface area contributed by atoms with Crippen LogP contribution < -0.4 is 14.8 Å². The third-order valence-corrected chi connectivity index (χ3v) is 4.62. The van der Waals surface area contributed by atoms with Crippen LogP contribution in [0.4, 0.5) is 5.69 Å². The van der Waals surface area contributed by atoms with Gasteiger partial charge in [-0.1, -0.05) is 13.8 Å². The van der Waals surface area contributed by atoms with E-state index in [1.54, 1.807) is 0 Å². The van der Waals surface area contributed by atoms with Crippen molar-refractivity contribution in [2.75, 3.05) is 12.4 Å². The second-order valence-electron chi connectivity index (χ2n) is 4.68. The van der Waals surface area contributed by atoms with Crippen LogP contribution in [-0.2, 0) is 14.8 Å².